The topological polar surface area (TPSA) is 109 Å². The van der Waals surface area contributed by atoms with Crippen molar-refractivity contribution in [2.75, 3.05) is 33.3 Å². The number of pyridine rings is 1. The number of hydrogen-bond donors (Lipinski definition) is 1. The van der Waals surface area contributed by atoms with Crippen LogP contribution in [-0.2, 0) is 16.0 Å². The lowest BCUT2D eigenvalue weighted by Crippen LogP contribution is -2.21. The number of ether oxygens (including phenoxy) is 4. The van der Waals surface area contributed by atoms with Crippen LogP contribution in [-0.4, -0.2) is 49.8 Å². The van der Waals surface area contributed by atoms with Gasteiger partial charge in [0.25, 0.3) is 5.91 Å². The van der Waals surface area contributed by atoms with E-state index in [-0.39, 0.29) is 0 Å². The number of fused-ring (bicyclic) bond motifs is 2. The number of nitrogens with one attached hydrogen (secondary N) is 1. The Bertz CT molecular complexity index is 2300. The van der Waals surface area contributed by atoms with E-state index in [1.807, 2.05) is 78.9 Å². The zero-order chi connectivity index (χ0) is 36.4. The van der Waals surface area contributed by atoms with Gasteiger partial charge in [-0.15, -0.1) is 0 Å². The molecule has 52 heavy (non-hydrogen) atoms. The predicted octanol–water partition coefficient (Wildman–Crippen LogP) is 9.64. The molecule has 1 N–H and O–H groups in total. The summed E-state index contributed by atoms with van der Waals surface area (Å²) in [5.74, 6) is 0.384. The molecule has 0 atom stereocenters. The van der Waals surface area contributed by atoms with Crippen molar-refractivity contribution in [2.45, 2.75) is 12.8 Å². The Kier molecular flexibility index (Phi) is 10.1. The van der Waals surface area contributed by atoms with E-state index in [4.69, 9.17) is 52.1 Å². The molecular weight excluding hydrogens is 721 g/mol. The summed E-state index contributed by atoms with van der Waals surface area (Å²) < 4.78 is 22.2. The molecule has 1 aliphatic rings. The molecule has 12 heteroatoms. The number of aromatic nitrogens is 2. The number of halogens is 2. The van der Waals surface area contributed by atoms with Gasteiger partial charge in [0.2, 0.25) is 5.75 Å². The first-order chi connectivity index (χ1) is 25.3. The quantitative estimate of drug-likeness (QED) is 0.138. The number of methoxy groups -OCH3 is 3. The molecule has 0 aliphatic heterocycles. The summed E-state index contributed by atoms with van der Waals surface area (Å²) in [7, 11) is 4.69. The lowest BCUT2D eigenvalue weighted by atomic mass is 10.0. The molecule has 0 radical (unpaired) electrons. The first-order valence-electron chi connectivity index (χ1n) is 16.2. The number of carbonyl (C=O) groups is 2. The Labute approximate surface area is 313 Å². The Morgan fingerprint density at radius 1 is 0.808 bits per heavy atom. The minimum atomic E-state index is -0.619. The minimum absolute atomic E-state index is 0.308. The number of thiazole rings is 1. The molecule has 0 saturated heterocycles. The van der Waals surface area contributed by atoms with Crippen LogP contribution in [0.3, 0.4) is 0 Å². The van der Waals surface area contributed by atoms with Crippen LogP contribution in [0, 0.1) is 0 Å². The van der Waals surface area contributed by atoms with Crippen LogP contribution in [0.4, 0.5) is 5.13 Å². The second-order valence-electron chi connectivity index (χ2n) is 11.7. The van der Waals surface area contributed by atoms with Crippen molar-refractivity contribution >= 4 is 74.1 Å². The van der Waals surface area contributed by atoms with Crippen LogP contribution >= 0.6 is 34.5 Å². The van der Waals surface area contributed by atoms with E-state index >= 15 is 0 Å². The fourth-order valence-electron chi connectivity index (χ4n) is 6.29. The summed E-state index contributed by atoms with van der Waals surface area (Å²) in [5, 5.41) is 4.79. The second kappa shape index (κ2) is 15.1. The van der Waals surface area contributed by atoms with Crippen LogP contribution in [0.25, 0.3) is 44.3 Å². The number of amides is 1. The standard InChI is InChI=1S/C40H31Cl2N3O6S/c1-48-31-19-22(20-32(49-2)37(31)50-3)18-23-16-17-27-34(26-12-6-9-15-30(26)43-35(23)27)39(47)51-21-33(46)44-40-45-36(24-10-4-7-13-28(24)41)38(52-40)25-11-5-8-14-29(25)42/h4-15,18-20H,16-17,21H2,1-3H3,(H,44,45,46)/b23-18+. The largest absolute Gasteiger partial charge is 0.493 e. The molecule has 6 aromatic rings. The van der Waals surface area contributed by atoms with Gasteiger partial charge in [-0.05, 0) is 65.9 Å². The summed E-state index contributed by atoms with van der Waals surface area (Å²) in [6.07, 6.45) is 3.21. The molecule has 2 heterocycles. The first kappa shape index (κ1) is 35.0. The highest BCUT2D eigenvalue weighted by molar-refractivity contribution is 7.19. The molecular formula is C40H31Cl2N3O6S. The average molecular weight is 753 g/mol. The summed E-state index contributed by atoms with van der Waals surface area (Å²) in [4.78, 5) is 37.5. The lowest BCUT2D eigenvalue weighted by Gasteiger charge is -2.14. The van der Waals surface area contributed by atoms with Crippen molar-refractivity contribution in [3.8, 4) is 38.9 Å². The molecule has 0 saturated carbocycles. The van der Waals surface area contributed by atoms with Gasteiger partial charge in [-0.2, -0.15) is 0 Å². The lowest BCUT2D eigenvalue weighted by molar-refractivity contribution is -0.119. The average Bonchev–Trinajstić information content (AvgIpc) is 3.76. The molecule has 262 valence electrons. The Hall–Kier alpha value is -5.42. The van der Waals surface area contributed by atoms with E-state index in [0.29, 0.717) is 78.7 Å². The van der Waals surface area contributed by atoms with Crippen LogP contribution in [0.2, 0.25) is 10.0 Å². The number of rotatable bonds is 10. The van der Waals surface area contributed by atoms with Crippen molar-refractivity contribution < 1.29 is 28.5 Å². The Morgan fingerprint density at radius 2 is 1.46 bits per heavy atom. The Morgan fingerprint density at radius 3 is 2.13 bits per heavy atom. The van der Waals surface area contributed by atoms with Gasteiger partial charge in [-0.3, -0.25) is 10.1 Å². The zero-order valence-corrected chi connectivity index (χ0v) is 30.6. The van der Waals surface area contributed by atoms with Crippen LogP contribution in [0.15, 0.2) is 84.9 Å². The van der Waals surface area contributed by atoms with Crippen molar-refractivity contribution in [1.82, 2.24) is 9.97 Å². The first-order valence-corrected chi connectivity index (χ1v) is 17.8. The fraction of sp³-hybridized carbons (Fsp3) is 0.150. The second-order valence-corrected chi connectivity index (χ2v) is 13.6. The van der Waals surface area contributed by atoms with Crippen molar-refractivity contribution in [3.05, 3.63) is 117 Å². The van der Waals surface area contributed by atoms with Crippen molar-refractivity contribution in [2.24, 2.45) is 0 Å². The number of anilines is 1. The maximum absolute atomic E-state index is 13.8. The third kappa shape index (κ3) is 6.80. The Balaban J connectivity index is 1.16. The van der Waals surface area contributed by atoms with E-state index in [2.05, 4.69) is 5.32 Å². The van der Waals surface area contributed by atoms with Gasteiger partial charge in [-0.25, -0.2) is 14.8 Å². The zero-order valence-electron chi connectivity index (χ0n) is 28.3. The van der Waals surface area contributed by atoms with Crippen molar-refractivity contribution in [3.63, 3.8) is 0 Å². The van der Waals surface area contributed by atoms with E-state index < -0.39 is 18.5 Å². The van der Waals surface area contributed by atoms with Gasteiger partial charge < -0.3 is 18.9 Å². The van der Waals surface area contributed by atoms with Crippen LogP contribution in [0.1, 0.15) is 33.6 Å². The monoisotopic (exact) mass is 751 g/mol. The summed E-state index contributed by atoms with van der Waals surface area (Å²) in [6.45, 7) is -0.527. The van der Waals surface area contributed by atoms with Crippen LogP contribution < -0.4 is 19.5 Å². The van der Waals surface area contributed by atoms with Crippen molar-refractivity contribution in [1.29, 1.82) is 0 Å². The predicted molar refractivity (Wildman–Crippen MR) is 206 cm³/mol. The van der Waals surface area contributed by atoms with Gasteiger partial charge in [0.1, 0.15) is 0 Å². The fourth-order valence-corrected chi connectivity index (χ4v) is 7.84. The minimum Gasteiger partial charge on any atom is -0.493 e. The van der Waals surface area contributed by atoms with Gasteiger partial charge in [0, 0.05) is 21.5 Å². The van der Waals surface area contributed by atoms with E-state index in [9.17, 15) is 9.59 Å². The molecule has 7 rings (SSSR count). The SMILES string of the molecule is COc1cc(/C=C2\CCc3c2nc2ccccc2c3C(=O)OCC(=O)Nc2nc(-c3ccccc3Cl)c(-c3ccccc3Cl)s2)cc(OC)c1OC. The molecule has 0 fully saturated rings. The van der Waals surface area contributed by atoms with Gasteiger partial charge in [-0.1, -0.05) is 89.1 Å². The molecule has 0 unspecified atom stereocenters. The van der Waals surface area contributed by atoms with Gasteiger partial charge >= 0.3 is 5.97 Å². The van der Waals surface area contributed by atoms with E-state index in [1.54, 1.807) is 33.5 Å². The number of nitrogens with zero attached hydrogens (tertiary/aromatic N) is 2. The number of allylic oxidation sites excluding steroid dienone is 1. The van der Waals surface area contributed by atoms with E-state index in [1.165, 1.54) is 11.3 Å². The number of benzene rings is 4. The number of para-hydroxylation sites is 1. The van der Waals surface area contributed by atoms with Gasteiger partial charge in [0.15, 0.2) is 23.2 Å². The summed E-state index contributed by atoms with van der Waals surface area (Å²) in [5.41, 5.74) is 6.27. The third-order valence-corrected chi connectivity index (χ3v) is 10.3. The highest BCUT2D eigenvalue weighted by atomic mass is 35.5. The molecule has 2 aromatic heterocycles. The maximum atomic E-state index is 13.8. The molecule has 0 bridgehead atoms. The maximum Gasteiger partial charge on any atom is 0.339 e. The highest BCUT2D eigenvalue weighted by Crippen LogP contribution is 2.44. The highest BCUT2D eigenvalue weighted by Gasteiger charge is 2.29. The van der Waals surface area contributed by atoms with Crippen LogP contribution in [0.5, 0.6) is 17.2 Å². The van der Waals surface area contributed by atoms with E-state index in [0.717, 1.165) is 27.1 Å². The number of esters is 1. The molecule has 1 aliphatic carbocycles. The smallest absolute Gasteiger partial charge is 0.339 e. The summed E-state index contributed by atoms with van der Waals surface area (Å²) in [6, 6.07) is 25.8. The molecule has 0 spiro atoms. The summed E-state index contributed by atoms with van der Waals surface area (Å²) >= 11 is 14.4. The third-order valence-electron chi connectivity index (χ3n) is 8.63. The molecule has 1 amide bonds. The number of hydrogen-bond acceptors (Lipinski definition) is 9. The molecule has 9 nitrogen and oxygen atoms in total. The molecule has 4 aromatic carbocycles. The normalized spacial score (nSPS) is 12.8. The number of carbonyl (C=O) groups excluding carboxylic acids is 2. The van der Waals surface area contributed by atoms with Gasteiger partial charge in [0.05, 0.1) is 53.7 Å².